The van der Waals surface area contributed by atoms with Crippen molar-refractivity contribution in [2.45, 2.75) is 26.1 Å². The van der Waals surface area contributed by atoms with Crippen LogP contribution >= 0.6 is 11.6 Å². The number of hydrogen-bond donors (Lipinski definition) is 5. The molecule has 0 spiro atoms. The van der Waals surface area contributed by atoms with Gasteiger partial charge >= 0.3 is 0 Å². The van der Waals surface area contributed by atoms with E-state index in [1.807, 2.05) is 32.1 Å². The van der Waals surface area contributed by atoms with Crippen molar-refractivity contribution >= 4 is 54.0 Å². The SMILES string of the molecule is Bc1cnc(Nc2ccc(Nc3ncc(Cl)c(NCCO)n3)cc2)nc1O[C@H](C)[C@@H](C)O. The van der Waals surface area contributed by atoms with Gasteiger partial charge in [0.15, 0.2) is 5.82 Å². The normalized spacial score (nSPS) is 12.7. The molecular formula is C20H25BClN7O3. The molecular weight excluding hydrogens is 433 g/mol. The summed E-state index contributed by atoms with van der Waals surface area (Å²) < 4.78 is 5.72. The quantitative estimate of drug-likeness (QED) is 0.282. The van der Waals surface area contributed by atoms with Crippen molar-refractivity contribution < 1.29 is 14.9 Å². The molecule has 1 aromatic carbocycles. The maximum absolute atomic E-state index is 9.66. The van der Waals surface area contributed by atoms with E-state index in [2.05, 4.69) is 35.9 Å². The average molecular weight is 458 g/mol. The molecule has 0 amide bonds. The highest BCUT2D eigenvalue weighted by atomic mass is 35.5. The number of aromatic nitrogens is 4. The van der Waals surface area contributed by atoms with Gasteiger partial charge in [0, 0.05) is 24.1 Å². The Bertz CT molecular complexity index is 1040. The number of benzene rings is 1. The summed E-state index contributed by atoms with van der Waals surface area (Å²) in [5.41, 5.74) is 2.32. The molecule has 2 atom stereocenters. The Morgan fingerprint density at radius 1 is 1.03 bits per heavy atom. The number of ether oxygens (including phenoxy) is 1. The Morgan fingerprint density at radius 3 is 2.22 bits per heavy atom. The minimum atomic E-state index is -0.619. The fraction of sp³-hybridized carbons (Fsp3) is 0.300. The summed E-state index contributed by atoms with van der Waals surface area (Å²) in [4.78, 5) is 17.1. The molecule has 2 aromatic heterocycles. The van der Waals surface area contributed by atoms with Gasteiger partial charge in [0.25, 0.3) is 0 Å². The number of rotatable bonds is 10. The van der Waals surface area contributed by atoms with Gasteiger partial charge in [0.2, 0.25) is 17.8 Å². The molecule has 3 aromatic rings. The second-order valence-electron chi connectivity index (χ2n) is 7.11. The summed E-state index contributed by atoms with van der Waals surface area (Å²) in [5, 5.41) is 28.1. The van der Waals surface area contributed by atoms with Crippen LogP contribution in [0.1, 0.15) is 13.8 Å². The zero-order valence-electron chi connectivity index (χ0n) is 18.0. The summed E-state index contributed by atoms with van der Waals surface area (Å²) in [6.07, 6.45) is 2.14. The number of halogens is 1. The molecule has 0 aliphatic rings. The van der Waals surface area contributed by atoms with E-state index < -0.39 is 12.2 Å². The molecule has 2 heterocycles. The van der Waals surface area contributed by atoms with Crippen LogP contribution in [-0.2, 0) is 0 Å². The zero-order valence-corrected chi connectivity index (χ0v) is 18.8. The summed E-state index contributed by atoms with van der Waals surface area (Å²) in [7, 11) is 1.85. The highest BCUT2D eigenvalue weighted by Gasteiger charge is 2.14. The van der Waals surface area contributed by atoms with Crippen molar-refractivity contribution in [1.82, 2.24) is 19.9 Å². The monoisotopic (exact) mass is 457 g/mol. The molecule has 168 valence electrons. The fourth-order valence-corrected chi connectivity index (χ4v) is 2.66. The number of hydrogen-bond acceptors (Lipinski definition) is 10. The van der Waals surface area contributed by atoms with Crippen LogP contribution in [0.15, 0.2) is 36.7 Å². The number of anilines is 5. The van der Waals surface area contributed by atoms with Gasteiger partial charge in [-0.2, -0.15) is 9.97 Å². The maximum Gasteiger partial charge on any atom is 0.230 e. The number of aliphatic hydroxyl groups excluding tert-OH is 2. The van der Waals surface area contributed by atoms with E-state index in [0.29, 0.717) is 35.2 Å². The summed E-state index contributed by atoms with van der Waals surface area (Å²) in [6.45, 7) is 3.75. The molecule has 32 heavy (non-hydrogen) atoms. The van der Waals surface area contributed by atoms with Gasteiger partial charge in [0.05, 0.1) is 18.9 Å². The van der Waals surface area contributed by atoms with Crippen LogP contribution in [0.25, 0.3) is 0 Å². The van der Waals surface area contributed by atoms with Crippen LogP contribution in [0.5, 0.6) is 5.88 Å². The molecule has 0 radical (unpaired) electrons. The van der Waals surface area contributed by atoms with Crippen LogP contribution < -0.4 is 26.2 Å². The standard InChI is InChI=1S/C20H25BClN7O3/c1-11(31)12(2)32-18-15(21)9-24-20(29-18)27-14-5-3-13(4-6-14)26-19-25-10-16(22)17(28-19)23-7-8-30/h3-6,9-12,30-31H,7-8,21H2,1-2H3,(H,24,27,29)(H2,23,25,26,28)/t11-,12-/m1/s1. The van der Waals surface area contributed by atoms with Gasteiger partial charge in [-0.1, -0.05) is 11.6 Å². The van der Waals surface area contributed by atoms with E-state index in [9.17, 15) is 5.11 Å². The van der Waals surface area contributed by atoms with Crippen molar-refractivity contribution in [2.75, 3.05) is 29.1 Å². The van der Waals surface area contributed by atoms with Crippen molar-refractivity contribution in [2.24, 2.45) is 0 Å². The van der Waals surface area contributed by atoms with E-state index in [0.717, 1.165) is 16.8 Å². The molecule has 0 saturated heterocycles. The molecule has 0 saturated carbocycles. The number of nitrogens with zero attached hydrogens (tertiary/aromatic N) is 4. The first-order chi connectivity index (χ1) is 15.4. The molecule has 3 rings (SSSR count). The van der Waals surface area contributed by atoms with Gasteiger partial charge in [-0.15, -0.1) is 0 Å². The molecule has 5 N–H and O–H groups in total. The minimum Gasteiger partial charge on any atom is -0.472 e. The van der Waals surface area contributed by atoms with E-state index in [4.69, 9.17) is 21.4 Å². The smallest absolute Gasteiger partial charge is 0.230 e. The van der Waals surface area contributed by atoms with E-state index in [-0.39, 0.29) is 6.61 Å². The maximum atomic E-state index is 9.66. The van der Waals surface area contributed by atoms with E-state index in [1.165, 1.54) is 6.20 Å². The van der Waals surface area contributed by atoms with Crippen molar-refractivity contribution in [1.29, 1.82) is 0 Å². The Labute approximate surface area is 191 Å². The number of nitrogens with one attached hydrogen (secondary N) is 3. The van der Waals surface area contributed by atoms with Crippen LogP contribution in [0.2, 0.25) is 5.02 Å². The van der Waals surface area contributed by atoms with Gasteiger partial charge in [0.1, 0.15) is 19.0 Å². The second-order valence-corrected chi connectivity index (χ2v) is 7.52. The summed E-state index contributed by atoms with van der Waals surface area (Å²) in [5.74, 6) is 1.60. The predicted molar refractivity (Wildman–Crippen MR) is 128 cm³/mol. The van der Waals surface area contributed by atoms with Gasteiger partial charge < -0.3 is 30.9 Å². The van der Waals surface area contributed by atoms with Crippen LogP contribution in [0.3, 0.4) is 0 Å². The molecule has 10 nitrogen and oxygen atoms in total. The van der Waals surface area contributed by atoms with E-state index >= 15 is 0 Å². The van der Waals surface area contributed by atoms with Gasteiger partial charge in [-0.05, 0) is 43.6 Å². The highest BCUT2D eigenvalue weighted by Crippen LogP contribution is 2.23. The van der Waals surface area contributed by atoms with E-state index in [1.54, 1.807) is 20.0 Å². The van der Waals surface area contributed by atoms with Crippen molar-refractivity contribution in [3.05, 3.63) is 41.7 Å². The summed E-state index contributed by atoms with van der Waals surface area (Å²) >= 11 is 6.06. The van der Waals surface area contributed by atoms with Crippen LogP contribution in [0, 0.1) is 0 Å². The molecule has 12 heteroatoms. The average Bonchev–Trinajstić information content (AvgIpc) is 2.77. The van der Waals surface area contributed by atoms with Crippen molar-refractivity contribution in [3.8, 4) is 5.88 Å². The lowest BCUT2D eigenvalue weighted by Crippen LogP contribution is -2.28. The lowest BCUT2D eigenvalue weighted by atomic mass is 10.00. The lowest BCUT2D eigenvalue weighted by Gasteiger charge is -2.18. The molecule has 0 unspecified atom stereocenters. The Kier molecular flexibility index (Phi) is 8.04. The molecule has 0 fully saturated rings. The Hall–Kier alpha value is -3.15. The van der Waals surface area contributed by atoms with Crippen molar-refractivity contribution in [3.63, 3.8) is 0 Å². The molecule has 0 bridgehead atoms. The third kappa shape index (κ3) is 6.43. The second kappa shape index (κ2) is 10.9. The van der Waals surface area contributed by atoms with Gasteiger partial charge in [-0.3, -0.25) is 0 Å². The predicted octanol–water partition coefficient (Wildman–Crippen LogP) is 1.22. The Balaban J connectivity index is 1.66. The summed E-state index contributed by atoms with van der Waals surface area (Å²) in [6, 6.07) is 7.40. The topological polar surface area (TPSA) is 137 Å². The molecule has 0 aliphatic heterocycles. The molecule has 0 aliphatic carbocycles. The lowest BCUT2D eigenvalue weighted by molar-refractivity contribution is 0.0582. The fourth-order valence-electron chi connectivity index (χ4n) is 2.50. The third-order valence-corrected chi connectivity index (χ3v) is 4.72. The minimum absolute atomic E-state index is 0.0323. The first-order valence-corrected chi connectivity index (χ1v) is 10.4. The largest absolute Gasteiger partial charge is 0.472 e. The highest BCUT2D eigenvalue weighted by molar-refractivity contribution is 6.33. The number of aliphatic hydroxyl groups is 2. The zero-order chi connectivity index (χ0) is 23.1. The first-order valence-electron chi connectivity index (χ1n) is 10.1. The first kappa shape index (κ1) is 23.5. The van der Waals surface area contributed by atoms with Crippen LogP contribution in [-0.4, -0.2) is 63.4 Å². The van der Waals surface area contributed by atoms with Crippen LogP contribution in [0.4, 0.5) is 29.1 Å². The van der Waals surface area contributed by atoms with Gasteiger partial charge in [-0.25, -0.2) is 9.97 Å². The third-order valence-electron chi connectivity index (χ3n) is 4.45. The Morgan fingerprint density at radius 2 is 1.62 bits per heavy atom.